The van der Waals surface area contributed by atoms with Gasteiger partial charge >= 0.3 is 5.97 Å². The number of nitrogens with zero attached hydrogens (tertiary/aromatic N) is 1. The molecule has 0 bridgehead atoms. The number of carboxylic acids is 1. The largest absolute Gasteiger partial charge is 0.481 e. The second kappa shape index (κ2) is 5.05. The topological polar surface area (TPSA) is 74.7 Å². The summed E-state index contributed by atoms with van der Waals surface area (Å²) in [4.78, 5) is 11.1. The van der Waals surface area contributed by atoms with Crippen molar-refractivity contribution in [1.29, 1.82) is 0 Å². The molecule has 2 atom stereocenters. The smallest absolute Gasteiger partial charge is 0.307 e. The van der Waals surface area contributed by atoms with Crippen molar-refractivity contribution >= 4 is 16.0 Å². The van der Waals surface area contributed by atoms with Gasteiger partial charge in [0.15, 0.2) is 0 Å². The summed E-state index contributed by atoms with van der Waals surface area (Å²) in [6, 6.07) is 0. The van der Waals surface area contributed by atoms with E-state index in [0.717, 1.165) is 12.8 Å². The predicted molar refractivity (Wildman–Crippen MR) is 72.2 cm³/mol. The van der Waals surface area contributed by atoms with Crippen LogP contribution in [0.4, 0.5) is 0 Å². The Morgan fingerprint density at radius 3 is 2.53 bits per heavy atom. The van der Waals surface area contributed by atoms with Gasteiger partial charge in [-0.1, -0.05) is 13.8 Å². The fourth-order valence-electron chi connectivity index (χ4n) is 2.68. The fraction of sp³-hybridized carbons (Fsp3) is 0.923. The monoisotopic (exact) mass is 289 g/mol. The molecule has 1 saturated heterocycles. The quantitative estimate of drug-likeness (QED) is 0.833. The van der Waals surface area contributed by atoms with Crippen LogP contribution in [0.5, 0.6) is 0 Å². The lowest BCUT2D eigenvalue weighted by molar-refractivity contribution is -0.143. The minimum Gasteiger partial charge on any atom is -0.481 e. The average Bonchev–Trinajstić information content (AvgIpc) is 3.05. The second-order valence-electron chi connectivity index (χ2n) is 6.57. The number of aliphatic carboxylic acids is 1. The summed E-state index contributed by atoms with van der Waals surface area (Å²) in [6.45, 7) is 4.63. The van der Waals surface area contributed by atoms with Crippen molar-refractivity contribution in [2.45, 2.75) is 39.5 Å². The molecular weight excluding hydrogens is 266 g/mol. The Morgan fingerprint density at radius 1 is 1.37 bits per heavy atom. The van der Waals surface area contributed by atoms with E-state index in [1.807, 2.05) is 6.92 Å². The first-order valence-corrected chi connectivity index (χ1v) is 8.53. The molecule has 1 heterocycles. The van der Waals surface area contributed by atoms with Gasteiger partial charge in [0.1, 0.15) is 0 Å². The molecule has 0 radical (unpaired) electrons. The number of carboxylic acid groups (broad SMARTS) is 1. The molecule has 1 N–H and O–H groups in total. The van der Waals surface area contributed by atoms with Gasteiger partial charge in [-0.3, -0.25) is 4.79 Å². The van der Waals surface area contributed by atoms with Crippen LogP contribution in [0.25, 0.3) is 0 Å². The Bertz CT molecular complexity index is 455. The molecular formula is C13H23NO4S. The van der Waals surface area contributed by atoms with Crippen LogP contribution in [-0.4, -0.2) is 42.6 Å². The second-order valence-corrected chi connectivity index (χ2v) is 8.66. The molecule has 0 amide bonds. The maximum absolute atomic E-state index is 12.3. The highest BCUT2D eigenvalue weighted by atomic mass is 32.2. The lowest BCUT2D eigenvalue weighted by Crippen LogP contribution is -2.46. The van der Waals surface area contributed by atoms with E-state index in [9.17, 15) is 13.2 Å². The molecule has 0 aromatic rings. The Morgan fingerprint density at radius 2 is 2.00 bits per heavy atom. The van der Waals surface area contributed by atoms with Crippen molar-refractivity contribution in [2.75, 3.05) is 18.8 Å². The van der Waals surface area contributed by atoms with Crippen LogP contribution in [0, 0.1) is 17.3 Å². The van der Waals surface area contributed by atoms with E-state index in [1.165, 1.54) is 4.31 Å². The summed E-state index contributed by atoms with van der Waals surface area (Å²) in [7, 11) is -3.31. The highest BCUT2D eigenvalue weighted by molar-refractivity contribution is 7.89. The third-order valence-corrected chi connectivity index (χ3v) is 6.24. The van der Waals surface area contributed by atoms with Gasteiger partial charge in [0.25, 0.3) is 0 Å². The first-order valence-electron chi connectivity index (χ1n) is 6.92. The summed E-state index contributed by atoms with van der Waals surface area (Å²) in [5.41, 5.74) is 0.209. The lowest BCUT2D eigenvalue weighted by Gasteiger charge is -2.34. The molecule has 1 aliphatic carbocycles. The van der Waals surface area contributed by atoms with Crippen molar-refractivity contribution in [1.82, 2.24) is 4.31 Å². The minimum atomic E-state index is -3.31. The van der Waals surface area contributed by atoms with Crippen molar-refractivity contribution < 1.29 is 18.3 Å². The summed E-state index contributed by atoms with van der Waals surface area (Å²) in [5.74, 6) is -1.18. The first kappa shape index (κ1) is 14.8. The number of hydrogen-bond donors (Lipinski definition) is 1. The molecule has 2 aliphatic rings. The van der Waals surface area contributed by atoms with Crippen LogP contribution in [0.2, 0.25) is 0 Å². The third kappa shape index (κ3) is 3.69. The van der Waals surface area contributed by atoms with E-state index in [4.69, 9.17) is 5.11 Å². The number of sulfonamides is 1. The summed E-state index contributed by atoms with van der Waals surface area (Å²) in [5, 5.41) is 9.09. The molecule has 1 saturated carbocycles. The summed E-state index contributed by atoms with van der Waals surface area (Å²) >= 11 is 0. The van der Waals surface area contributed by atoms with Crippen LogP contribution < -0.4 is 0 Å². The van der Waals surface area contributed by atoms with Crippen LogP contribution in [0.3, 0.4) is 0 Å². The molecule has 2 rings (SSSR count). The average molecular weight is 289 g/mol. The number of piperidine rings is 1. The summed E-state index contributed by atoms with van der Waals surface area (Å²) in [6.07, 6.45) is 3.48. The Labute approximate surface area is 115 Å². The molecule has 0 aromatic heterocycles. The maximum atomic E-state index is 12.3. The zero-order chi connectivity index (χ0) is 14.3. The van der Waals surface area contributed by atoms with E-state index in [2.05, 4.69) is 6.92 Å². The number of carbonyl (C=O) groups is 1. The highest BCUT2D eigenvalue weighted by Gasteiger charge is 2.40. The van der Waals surface area contributed by atoms with E-state index < -0.39 is 21.9 Å². The predicted octanol–water partition coefficient (Wildman–Crippen LogP) is 1.55. The van der Waals surface area contributed by atoms with Gasteiger partial charge in [-0.05, 0) is 37.0 Å². The zero-order valence-corrected chi connectivity index (χ0v) is 12.4. The molecule has 5 nitrogen and oxygen atoms in total. The third-order valence-electron chi connectivity index (χ3n) is 4.44. The van der Waals surface area contributed by atoms with Crippen molar-refractivity contribution in [3.05, 3.63) is 0 Å². The van der Waals surface area contributed by atoms with Gasteiger partial charge in [0.2, 0.25) is 10.0 Å². The van der Waals surface area contributed by atoms with Crippen LogP contribution in [0.1, 0.15) is 39.5 Å². The Hall–Kier alpha value is -0.620. The van der Waals surface area contributed by atoms with Gasteiger partial charge < -0.3 is 5.11 Å². The molecule has 2 unspecified atom stereocenters. The highest BCUT2D eigenvalue weighted by Crippen LogP contribution is 2.48. The molecule has 0 spiro atoms. The van der Waals surface area contributed by atoms with Crippen LogP contribution >= 0.6 is 0 Å². The molecule has 110 valence electrons. The van der Waals surface area contributed by atoms with E-state index in [1.54, 1.807) is 0 Å². The minimum absolute atomic E-state index is 0.112. The summed E-state index contributed by atoms with van der Waals surface area (Å²) < 4.78 is 26.0. The molecule has 19 heavy (non-hydrogen) atoms. The normalized spacial score (nSPS) is 31.1. The van der Waals surface area contributed by atoms with Crippen molar-refractivity contribution in [3.63, 3.8) is 0 Å². The fourth-order valence-corrected chi connectivity index (χ4v) is 4.57. The van der Waals surface area contributed by atoms with Crippen molar-refractivity contribution in [2.24, 2.45) is 17.3 Å². The van der Waals surface area contributed by atoms with Gasteiger partial charge in [0.05, 0.1) is 11.7 Å². The number of rotatable bonds is 5. The van der Waals surface area contributed by atoms with Gasteiger partial charge in [-0.25, -0.2) is 12.7 Å². The SMILES string of the molecule is CC1CC(C(=O)O)CN(S(=O)(=O)CCC2(C)CC2)C1. The lowest BCUT2D eigenvalue weighted by atomic mass is 9.92. The Kier molecular flexibility index (Phi) is 3.93. The van der Waals surface area contributed by atoms with E-state index >= 15 is 0 Å². The standard InChI is InChI=1S/C13H23NO4S/c1-10-7-11(12(15)16)9-14(8-10)19(17,18)6-5-13(2)3-4-13/h10-11H,3-9H2,1-2H3,(H,15,16). The maximum Gasteiger partial charge on any atom is 0.307 e. The van der Waals surface area contributed by atoms with E-state index in [-0.39, 0.29) is 23.6 Å². The molecule has 2 fully saturated rings. The number of hydrogen-bond acceptors (Lipinski definition) is 3. The first-order chi connectivity index (χ1) is 8.72. The Balaban J connectivity index is 1.99. The molecule has 0 aromatic carbocycles. The zero-order valence-electron chi connectivity index (χ0n) is 11.6. The molecule has 1 aliphatic heterocycles. The van der Waals surface area contributed by atoms with Crippen molar-refractivity contribution in [3.8, 4) is 0 Å². The van der Waals surface area contributed by atoms with Gasteiger partial charge in [-0.15, -0.1) is 0 Å². The van der Waals surface area contributed by atoms with Gasteiger partial charge in [0, 0.05) is 13.1 Å². The molecule has 6 heteroatoms. The van der Waals surface area contributed by atoms with E-state index in [0.29, 0.717) is 19.4 Å². The van der Waals surface area contributed by atoms with Crippen LogP contribution in [-0.2, 0) is 14.8 Å². The van der Waals surface area contributed by atoms with Crippen LogP contribution in [0.15, 0.2) is 0 Å². The van der Waals surface area contributed by atoms with Gasteiger partial charge in [-0.2, -0.15) is 0 Å².